The highest BCUT2D eigenvalue weighted by Crippen LogP contribution is 2.30. The zero-order valence-corrected chi connectivity index (χ0v) is 14.6. The Hall–Kier alpha value is -3.09. The van der Waals surface area contributed by atoms with E-state index in [1.165, 1.54) is 0 Å². The van der Waals surface area contributed by atoms with Crippen LogP contribution in [0.3, 0.4) is 0 Å². The summed E-state index contributed by atoms with van der Waals surface area (Å²) in [4.78, 5) is 27.0. The lowest BCUT2D eigenvalue weighted by atomic mass is 10.1. The molecule has 7 nitrogen and oxygen atoms in total. The first kappa shape index (κ1) is 17.7. The maximum Gasteiger partial charge on any atom is 0.415 e. The summed E-state index contributed by atoms with van der Waals surface area (Å²) in [5, 5.41) is 11.4. The molecule has 1 heterocycles. The molecule has 2 aromatic carbocycles. The van der Waals surface area contributed by atoms with E-state index in [1.54, 1.807) is 29.2 Å². The second-order valence-electron chi connectivity index (χ2n) is 6.26. The molecule has 7 heteroatoms. The normalized spacial score (nSPS) is 14.7. The number of amides is 1. The van der Waals surface area contributed by atoms with Gasteiger partial charge in [-0.15, -0.1) is 0 Å². The number of nitro groups is 1. The number of aryl methyl sites for hydroxylation is 1. The molecule has 0 spiro atoms. The van der Waals surface area contributed by atoms with E-state index in [9.17, 15) is 14.9 Å². The van der Waals surface area contributed by atoms with E-state index in [0.29, 0.717) is 37.6 Å². The average molecular weight is 355 g/mol. The number of benzene rings is 2. The smallest absolute Gasteiger partial charge is 0.410 e. The monoisotopic (exact) mass is 355 g/mol. The Kier molecular flexibility index (Phi) is 5.36. The number of carbonyl (C=O) groups excluding carboxylic acids is 1. The maximum atomic E-state index is 12.4. The quantitative estimate of drug-likeness (QED) is 0.621. The van der Waals surface area contributed by atoms with Crippen LogP contribution in [0, 0.1) is 17.0 Å². The first-order chi connectivity index (χ1) is 12.5. The molecule has 0 aliphatic carbocycles. The fraction of sp³-hybridized carbons (Fsp3) is 0.316. The van der Waals surface area contributed by atoms with Crippen molar-refractivity contribution >= 4 is 17.5 Å². The zero-order valence-electron chi connectivity index (χ0n) is 14.6. The standard InChI is InChI=1S/C19H21N3O4/c1-15-8-9-17(18(14-15)22(24)25)20-10-5-11-21(13-12-20)19(23)26-16-6-3-2-4-7-16/h2-4,6-9,14H,5,10-13H2,1H3. The van der Waals surface area contributed by atoms with Gasteiger partial charge in [0.15, 0.2) is 0 Å². The van der Waals surface area contributed by atoms with Gasteiger partial charge in [0.1, 0.15) is 11.4 Å². The summed E-state index contributed by atoms with van der Waals surface area (Å²) in [6.07, 6.45) is 0.325. The van der Waals surface area contributed by atoms with Gasteiger partial charge in [0.2, 0.25) is 0 Å². The van der Waals surface area contributed by atoms with Crippen LogP contribution in [0.25, 0.3) is 0 Å². The van der Waals surface area contributed by atoms with E-state index in [4.69, 9.17) is 4.74 Å². The van der Waals surface area contributed by atoms with Gasteiger partial charge in [-0.25, -0.2) is 4.79 Å². The maximum absolute atomic E-state index is 12.4. The third-order valence-corrected chi connectivity index (χ3v) is 4.37. The van der Waals surface area contributed by atoms with Gasteiger partial charge < -0.3 is 14.5 Å². The number of nitro benzene ring substituents is 1. The molecule has 136 valence electrons. The summed E-state index contributed by atoms with van der Waals surface area (Å²) < 4.78 is 5.39. The van der Waals surface area contributed by atoms with Crippen LogP contribution in [-0.2, 0) is 0 Å². The molecule has 0 N–H and O–H groups in total. The number of anilines is 1. The summed E-state index contributed by atoms with van der Waals surface area (Å²) in [6.45, 7) is 4.02. The van der Waals surface area contributed by atoms with E-state index in [-0.39, 0.29) is 10.6 Å². The minimum Gasteiger partial charge on any atom is -0.410 e. The van der Waals surface area contributed by atoms with Crippen molar-refractivity contribution in [2.24, 2.45) is 0 Å². The first-order valence-corrected chi connectivity index (χ1v) is 8.56. The number of carbonyl (C=O) groups is 1. The van der Waals surface area contributed by atoms with Gasteiger partial charge in [-0.05, 0) is 37.1 Å². The lowest BCUT2D eigenvalue weighted by molar-refractivity contribution is -0.384. The number of para-hydroxylation sites is 1. The van der Waals surface area contributed by atoms with E-state index in [1.807, 2.05) is 36.1 Å². The lowest BCUT2D eigenvalue weighted by Gasteiger charge is -2.23. The van der Waals surface area contributed by atoms with Crippen LogP contribution in [-0.4, -0.2) is 42.1 Å². The fourth-order valence-electron chi connectivity index (χ4n) is 3.04. The van der Waals surface area contributed by atoms with Gasteiger partial charge in [-0.3, -0.25) is 10.1 Å². The van der Waals surface area contributed by atoms with Crippen LogP contribution in [0.1, 0.15) is 12.0 Å². The number of hydrogen-bond donors (Lipinski definition) is 0. The van der Waals surface area contributed by atoms with Crippen molar-refractivity contribution < 1.29 is 14.5 Å². The van der Waals surface area contributed by atoms with Crippen LogP contribution < -0.4 is 9.64 Å². The van der Waals surface area contributed by atoms with Gasteiger partial charge in [0, 0.05) is 32.2 Å². The predicted molar refractivity (Wildman–Crippen MR) is 98.7 cm³/mol. The van der Waals surface area contributed by atoms with Crippen LogP contribution in [0.15, 0.2) is 48.5 Å². The van der Waals surface area contributed by atoms with E-state index >= 15 is 0 Å². The molecule has 0 aromatic heterocycles. The molecule has 2 aromatic rings. The lowest BCUT2D eigenvalue weighted by Crippen LogP contribution is -2.37. The molecule has 0 unspecified atom stereocenters. The Morgan fingerprint density at radius 1 is 1.08 bits per heavy atom. The van der Waals surface area contributed by atoms with Gasteiger partial charge in [0.25, 0.3) is 5.69 Å². The second kappa shape index (κ2) is 7.86. The van der Waals surface area contributed by atoms with Crippen LogP contribution >= 0.6 is 0 Å². The molecular weight excluding hydrogens is 334 g/mol. The van der Waals surface area contributed by atoms with Gasteiger partial charge >= 0.3 is 6.09 Å². The van der Waals surface area contributed by atoms with Crippen molar-refractivity contribution in [2.45, 2.75) is 13.3 Å². The molecule has 0 bridgehead atoms. The largest absolute Gasteiger partial charge is 0.415 e. The molecule has 1 saturated heterocycles. The average Bonchev–Trinajstić information content (AvgIpc) is 2.88. The van der Waals surface area contributed by atoms with Crippen LogP contribution in [0.2, 0.25) is 0 Å². The molecule has 26 heavy (non-hydrogen) atoms. The molecule has 3 rings (SSSR count). The highest BCUT2D eigenvalue weighted by molar-refractivity contribution is 5.71. The third-order valence-electron chi connectivity index (χ3n) is 4.37. The molecule has 1 amide bonds. The Bertz CT molecular complexity index is 795. The highest BCUT2D eigenvalue weighted by Gasteiger charge is 2.25. The zero-order chi connectivity index (χ0) is 18.5. The predicted octanol–water partition coefficient (Wildman–Crippen LogP) is 3.61. The van der Waals surface area contributed by atoms with Gasteiger partial charge in [0.05, 0.1) is 4.92 Å². The molecule has 1 aliphatic rings. The van der Waals surface area contributed by atoms with Crippen molar-refractivity contribution in [3.8, 4) is 5.75 Å². The SMILES string of the molecule is Cc1ccc(N2CCCN(C(=O)Oc3ccccc3)CC2)c([N+](=O)[O-])c1. The minimum atomic E-state index is -0.392. The Balaban J connectivity index is 1.69. The number of nitrogens with zero attached hydrogens (tertiary/aromatic N) is 3. The van der Waals surface area contributed by atoms with Crippen molar-refractivity contribution in [1.29, 1.82) is 0 Å². The number of rotatable bonds is 3. The highest BCUT2D eigenvalue weighted by atomic mass is 16.6. The molecule has 0 atom stereocenters. The van der Waals surface area contributed by atoms with Crippen LogP contribution in [0.4, 0.5) is 16.2 Å². The van der Waals surface area contributed by atoms with Gasteiger partial charge in [-0.1, -0.05) is 24.3 Å². The third kappa shape index (κ3) is 4.11. The summed E-state index contributed by atoms with van der Waals surface area (Å²) in [7, 11) is 0. The Labute approximate surface area is 151 Å². The van der Waals surface area contributed by atoms with E-state index in [0.717, 1.165) is 12.0 Å². The van der Waals surface area contributed by atoms with E-state index in [2.05, 4.69) is 0 Å². The summed E-state index contributed by atoms with van der Waals surface area (Å²) in [5.74, 6) is 0.507. The first-order valence-electron chi connectivity index (χ1n) is 8.56. The molecule has 0 radical (unpaired) electrons. The van der Waals surface area contributed by atoms with E-state index < -0.39 is 6.09 Å². The fourth-order valence-corrected chi connectivity index (χ4v) is 3.04. The molecule has 0 saturated carbocycles. The summed E-state index contributed by atoms with van der Waals surface area (Å²) >= 11 is 0. The number of hydrogen-bond acceptors (Lipinski definition) is 5. The molecular formula is C19H21N3O4. The van der Waals surface area contributed by atoms with Crippen molar-refractivity contribution in [1.82, 2.24) is 4.90 Å². The summed E-state index contributed by atoms with van der Waals surface area (Å²) in [6, 6.07) is 14.2. The second-order valence-corrected chi connectivity index (χ2v) is 6.26. The molecule has 1 aliphatic heterocycles. The van der Waals surface area contributed by atoms with Crippen LogP contribution in [0.5, 0.6) is 5.75 Å². The van der Waals surface area contributed by atoms with Crippen molar-refractivity contribution in [3.05, 3.63) is 64.2 Å². The Morgan fingerprint density at radius 3 is 2.58 bits per heavy atom. The topological polar surface area (TPSA) is 75.9 Å². The number of ether oxygens (including phenoxy) is 1. The van der Waals surface area contributed by atoms with Gasteiger partial charge in [-0.2, -0.15) is 0 Å². The molecule has 1 fully saturated rings. The van der Waals surface area contributed by atoms with Crippen molar-refractivity contribution in [3.63, 3.8) is 0 Å². The summed E-state index contributed by atoms with van der Waals surface area (Å²) in [5.41, 5.74) is 1.55. The van der Waals surface area contributed by atoms with Crippen molar-refractivity contribution in [2.75, 3.05) is 31.1 Å². The Morgan fingerprint density at radius 2 is 1.85 bits per heavy atom. The minimum absolute atomic E-state index is 0.102.